The first kappa shape index (κ1) is 9.12. The van der Waals surface area contributed by atoms with Crippen LogP contribution in [0.1, 0.15) is 5.56 Å². The van der Waals surface area contributed by atoms with Crippen molar-refractivity contribution in [3.8, 4) is 5.88 Å². The molecule has 0 aliphatic heterocycles. The Morgan fingerprint density at radius 1 is 1.42 bits per heavy atom. The third-order valence-corrected chi connectivity index (χ3v) is 1.53. The van der Waals surface area contributed by atoms with Gasteiger partial charge in [-0.1, -0.05) is 11.6 Å². The Balaban J connectivity index is 3.26. The molecule has 0 saturated heterocycles. The average Bonchev–Trinajstić information content (AvgIpc) is 1.92. The van der Waals surface area contributed by atoms with Crippen molar-refractivity contribution in [2.75, 3.05) is 0 Å². The van der Waals surface area contributed by atoms with E-state index in [1.807, 2.05) is 0 Å². The van der Waals surface area contributed by atoms with E-state index in [9.17, 15) is 18.3 Å². The molecular formula is C6H2ClF3NO. The molecule has 1 aromatic heterocycles. The topological polar surface area (TPSA) is 32.8 Å². The van der Waals surface area contributed by atoms with Gasteiger partial charge in [-0.15, -0.1) is 0 Å². The standard InChI is InChI=1S/C6H2ClF3NO/c7-4-3(6(8,9)10)1-2-11-5(4)12/h1-2H. The number of pyridine rings is 1. The van der Waals surface area contributed by atoms with Crippen molar-refractivity contribution in [1.29, 1.82) is 0 Å². The Labute approximate surface area is 70.6 Å². The van der Waals surface area contributed by atoms with Crippen LogP contribution in [-0.4, -0.2) is 4.98 Å². The zero-order valence-electron chi connectivity index (χ0n) is 5.52. The van der Waals surface area contributed by atoms with Crippen LogP contribution in [0.4, 0.5) is 13.2 Å². The smallest absolute Gasteiger partial charge is 0.266 e. The summed E-state index contributed by atoms with van der Waals surface area (Å²) >= 11 is 5.08. The quantitative estimate of drug-likeness (QED) is 0.628. The van der Waals surface area contributed by atoms with Crippen molar-refractivity contribution in [3.63, 3.8) is 0 Å². The fraction of sp³-hybridized carbons (Fsp3) is 0.167. The van der Waals surface area contributed by atoms with Crippen LogP contribution in [0.3, 0.4) is 0 Å². The van der Waals surface area contributed by atoms with Crippen LogP contribution in [0.25, 0.3) is 0 Å². The van der Waals surface area contributed by atoms with E-state index in [1.165, 1.54) is 0 Å². The van der Waals surface area contributed by atoms with Gasteiger partial charge in [0.25, 0.3) is 5.88 Å². The van der Waals surface area contributed by atoms with E-state index >= 15 is 0 Å². The third kappa shape index (κ3) is 1.61. The molecule has 0 unspecified atom stereocenters. The fourth-order valence-corrected chi connectivity index (χ4v) is 0.862. The molecule has 12 heavy (non-hydrogen) atoms. The zero-order chi connectivity index (χ0) is 9.35. The second kappa shape index (κ2) is 2.82. The summed E-state index contributed by atoms with van der Waals surface area (Å²) in [6.45, 7) is 0. The van der Waals surface area contributed by atoms with Crippen LogP contribution < -0.4 is 0 Å². The first-order valence-electron chi connectivity index (χ1n) is 2.81. The van der Waals surface area contributed by atoms with E-state index in [0.29, 0.717) is 6.07 Å². The predicted molar refractivity (Wildman–Crippen MR) is 34.4 cm³/mol. The first-order valence-corrected chi connectivity index (χ1v) is 3.19. The Morgan fingerprint density at radius 2 is 2.00 bits per heavy atom. The molecule has 2 nitrogen and oxygen atoms in total. The molecule has 0 bridgehead atoms. The number of hydrogen-bond acceptors (Lipinski definition) is 1. The van der Waals surface area contributed by atoms with Crippen molar-refractivity contribution < 1.29 is 18.3 Å². The van der Waals surface area contributed by atoms with Crippen LogP contribution in [0.5, 0.6) is 5.88 Å². The van der Waals surface area contributed by atoms with E-state index in [0.717, 1.165) is 6.20 Å². The lowest BCUT2D eigenvalue weighted by atomic mass is 10.2. The van der Waals surface area contributed by atoms with Crippen molar-refractivity contribution in [2.45, 2.75) is 6.18 Å². The lowest BCUT2D eigenvalue weighted by Crippen LogP contribution is -2.05. The summed E-state index contributed by atoms with van der Waals surface area (Å²) in [6, 6.07) is 0.656. The number of rotatable bonds is 0. The number of hydrogen-bond donors (Lipinski definition) is 0. The molecule has 1 aromatic rings. The third-order valence-electron chi connectivity index (χ3n) is 1.16. The van der Waals surface area contributed by atoms with E-state index < -0.39 is 22.6 Å². The molecule has 6 heteroatoms. The van der Waals surface area contributed by atoms with Gasteiger partial charge >= 0.3 is 6.18 Å². The average molecular weight is 197 g/mol. The van der Waals surface area contributed by atoms with Crippen molar-refractivity contribution in [3.05, 3.63) is 22.8 Å². The number of nitrogens with zero attached hydrogens (tertiary/aromatic N) is 1. The molecule has 0 aromatic carbocycles. The van der Waals surface area contributed by atoms with Gasteiger partial charge in [0.15, 0.2) is 0 Å². The minimum Gasteiger partial charge on any atom is -0.266 e. The molecule has 1 rings (SSSR count). The van der Waals surface area contributed by atoms with Gasteiger partial charge in [-0.3, -0.25) is 5.11 Å². The SMILES string of the molecule is [O]c1nccc(C(F)(F)F)c1Cl. The van der Waals surface area contributed by atoms with E-state index in [-0.39, 0.29) is 0 Å². The van der Waals surface area contributed by atoms with Crippen molar-refractivity contribution in [1.82, 2.24) is 4.98 Å². The molecule has 0 aliphatic rings. The maximum atomic E-state index is 12.0. The molecule has 65 valence electrons. The molecule has 0 fully saturated rings. The summed E-state index contributed by atoms with van der Waals surface area (Å²) in [4.78, 5) is 3.07. The van der Waals surface area contributed by atoms with Gasteiger partial charge in [-0.2, -0.15) is 13.2 Å². The highest BCUT2D eigenvalue weighted by Crippen LogP contribution is 2.37. The first-order chi connectivity index (χ1) is 5.43. The summed E-state index contributed by atoms with van der Waals surface area (Å²) in [7, 11) is 0. The van der Waals surface area contributed by atoms with Crippen LogP contribution in [0, 0.1) is 0 Å². The molecule has 1 radical (unpaired) electrons. The molecule has 0 spiro atoms. The van der Waals surface area contributed by atoms with Crippen molar-refractivity contribution >= 4 is 11.6 Å². The van der Waals surface area contributed by atoms with Crippen LogP contribution in [-0.2, 0) is 11.3 Å². The lowest BCUT2D eigenvalue weighted by Gasteiger charge is -2.06. The minimum absolute atomic E-state index is 0.656. The molecule has 0 aliphatic carbocycles. The predicted octanol–water partition coefficient (Wildman–Crippen LogP) is 2.90. The highest BCUT2D eigenvalue weighted by atomic mass is 35.5. The zero-order valence-corrected chi connectivity index (χ0v) is 6.28. The van der Waals surface area contributed by atoms with Crippen LogP contribution in [0.2, 0.25) is 5.02 Å². The second-order valence-electron chi connectivity index (χ2n) is 1.98. The molecule has 1 heterocycles. The summed E-state index contributed by atoms with van der Waals surface area (Å²) < 4.78 is 35.9. The van der Waals surface area contributed by atoms with Crippen LogP contribution in [0.15, 0.2) is 12.3 Å². The highest BCUT2D eigenvalue weighted by molar-refractivity contribution is 6.32. The monoisotopic (exact) mass is 196 g/mol. The Morgan fingerprint density at radius 3 is 2.42 bits per heavy atom. The van der Waals surface area contributed by atoms with Gasteiger partial charge in [0.2, 0.25) is 0 Å². The van der Waals surface area contributed by atoms with E-state index in [2.05, 4.69) is 4.98 Å². The molecule has 0 atom stereocenters. The number of alkyl halides is 3. The largest absolute Gasteiger partial charge is 0.418 e. The Hall–Kier alpha value is -0.970. The Bertz CT molecular complexity index is 299. The summed E-state index contributed by atoms with van der Waals surface area (Å²) in [5.74, 6) is -1.06. The number of aromatic nitrogens is 1. The van der Waals surface area contributed by atoms with Gasteiger partial charge in [-0.25, -0.2) is 4.98 Å². The maximum absolute atomic E-state index is 12.0. The van der Waals surface area contributed by atoms with Gasteiger partial charge in [-0.05, 0) is 6.07 Å². The molecule has 0 amide bonds. The summed E-state index contributed by atoms with van der Waals surface area (Å²) in [6.07, 6.45) is -3.82. The maximum Gasteiger partial charge on any atom is 0.418 e. The lowest BCUT2D eigenvalue weighted by molar-refractivity contribution is -0.137. The fourth-order valence-electron chi connectivity index (χ4n) is 0.643. The normalized spacial score (nSPS) is 11.7. The molecular weight excluding hydrogens is 195 g/mol. The van der Waals surface area contributed by atoms with Crippen LogP contribution >= 0.6 is 11.6 Å². The Kier molecular flexibility index (Phi) is 2.14. The van der Waals surface area contributed by atoms with Crippen molar-refractivity contribution in [2.24, 2.45) is 0 Å². The summed E-state index contributed by atoms with van der Waals surface area (Å²) in [5.41, 5.74) is -1.15. The molecule has 0 N–H and O–H groups in total. The van der Waals surface area contributed by atoms with Gasteiger partial charge in [0.05, 0.1) is 5.56 Å². The minimum atomic E-state index is -4.60. The number of halogens is 4. The van der Waals surface area contributed by atoms with Gasteiger partial charge in [0.1, 0.15) is 5.02 Å². The highest BCUT2D eigenvalue weighted by Gasteiger charge is 2.34. The molecule has 0 saturated carbocycles. The summed E-state index contributed by atoms with van der Waals surface area (Å²) in [5, 5.41) is 9.66. The van der Waals surface area contributed by atoms with Gasteiger partial charge in [0, 0.05) is 6.20 Å². The second-order valence-corrected chi connectivity index (χ2v) is 2.35. The van der Waals surface area contributed by atoms with E-state index in [4.69, 9.17) is 11.6 Å². The van der Waals surface area contributed by atoms with Gasteiger partial charge < -0.3 is 0 Å². The van der Waals surface area contributed by atoms with E-state index in [1.54, 1.807) is 0 Å².